The average Bonchev–Trinajstić information content (AvgIpc) is 2.70. The molecule has 1 aliphatic carbocycles. The zero-order valence-electron chi connectivity index (χ0n) is 7.76. The third kappa shape index (κ3) is 1.39. The highest BCUT2D eigenvalue weighted by Gasteiger charge is 2.28. The van der Waals surface area contributed by atoms with Gasteiger partial charge in [-0.25, -0.2) is 4.79 Å². The SMILES string of the molecule is NC1CCCC1n1nccc1C(=O)O. The summed E-state index contributed by atoms with van der Waals surface area (Å²) >= 11 is 0. The Morgan fingerprint density at radius 1 is 1.64 bits per heavy atom. The van der Waals surface area contributed by atoms with Crippen molar-refractivity contribution in [2.45, 2.75) is 31.3 Å². The second kappa shape index (κ2) is 3.42. The molecular formula is C9H13N3O2. The molecular weight excluding hydrogens is 182 g/mol. The minimum Gasteiger partial charge on any atom is -0.477 e. The van der Waals surface area contributed by atoms with E-state index >= 15 is 0 Å². The van der Waals surface area contributed by atoms with E-state index in [1.165, 1.54) is 12.3 Å². The van der Waals surface area contributed by atoms with Gasteiger partial charge in [-0.3, -0.25) is 4.68 Å². The molecule has 0 aromatic carbocycles. The number of hydrogen-bond acceptors (Lipinski definition) is 3. The number of nitrogens with two attached hydrogens (primary N) is 1. The quantitative estimate of drug-likeness (QED) is 0.725. The van der Waals surface area contributed by atoms with E-state index in [1.54, 1.807) is 4.68 Å². The van der Waals surface area contributed by atoms with Crippen molar-refractivity contribution in [3.8, 4) is 0 Å². The maximum absolute atomic E-state index is 10.8. The largest absolute Gasteiger partial charge is 0.477 e. The summed E-state index contributed by atoms with van der Waals surface area (Å²) in [5.41, 5.74) is 6.11. The van der Waals surface area contributed by atoms with E-state index in [0.29, 0.717) is 0 Å². The topological polar surface area (TPSA) is 81.1 Å². The number of carboxylic acid groups (broad SMARTS) is 1. The molecule has 5 nitrogen and oxygen atoms in total. The maximum Gasteiger partial charge on any atom is 0.354 e. The van der Waals surface area contributed by atoms with Crippen molar-refractivity contribution in [1.29, 1.82) is 0 Å². The van der Waals surface area contributed by atoms with Crippen LogP contribution in [-0.4, -0.2) is 26.9 Å². The van der Waals surface area contributed by atoms with Gasteiger partial charge in [-0.2, -0.15) is 5.10 Å². The van der Waals surface area contributed by atoms with E-state index in [9.17, 15) is 4.79 Å². The van der Waals surface area contributed by atoms with Gasteiger partial charge in [0.05, 0.1) is 6.04 Å². The number of nitrogens with zero attached hydrogens (tertiary/aromatic N) is 2. The lowest BCUT2D eigenvalue weighted by Gasteiger charge is -2.17. The molecule has 1 aromatic rings. The molecule has 3 N–H and O–H groups in total. The van der Waals surface area contributed by atoms with Crippen molar-refractivity contribution in [1.82, 2.24) is 9.78 Å². The molecule has 2 atom stereocenters. The molecule has 0 amide bonds. The summed E-state index contributed by atoms with van der Waals surface area (Å²) in [6.07, 6.45) is 4.42. The van der Waals surface area contributed by atoms with E-state index in [1.807, 2.05) is 0 Å². The van der Waals surface area contributed by atoms with Crippen LogP contribution in [0.1, 0.15) is 35.8 Å². The van der Waals surface area contributed by atoms with Crippen molar-refractivity contribution in [2.75, 3.05) is 0 Å². The second-order valence-corrected chi connectivity index (χ2v) is 3.63. The smallest absolute Gasteiger partial charge is 0.354 e. The highest BCUT2D eigenvalue weighted by Crippen LogP contribution is 2.28. The van der Waals surface area contributed by atoms with Gasteiger partial charge in [-0.15, -0.1) is 0 Å². The van der Waals surface area contributed by atoms with Crippen LogP contribution >= 0.6 is 0 Å². The Labute approximate surface area is 81.5 Å². The molecule has 76 valence electrons. The molecule has 14 heavy (non-hydrogen) atoms. The standard InChI is InChI=1S/C9H13N3O2/c10-6-2-1-3-7(6)12-8(9(13)14)4-5-11-12/h4-7H,1-3,10H2,(H,13,14). The molecule has 2 rings (SSSR count). The van der Waals surface area contributed by atoms with Gasteiger partial charge in [0.15, 0.2) is 0 Å². The third-order valence-corrected chi connectivity index (χ3v) is 2.74. The molecule has 1 aromatic heterocycles. The number of carboxylic acids is 1. The Hall–Kier alpha value is -1.36. The van der Waals surface area contributed by atoms with Crippen molar-refractivity contribution in [2.24, 2.45) is 5.73 Å². The predicted octanol–water partition coefficient (Wildman–Crippen LogP) is 0.634. The van der Waals surface area contributed by atoms with E-state index in [4.69, 9.17) is 10.8 Å². The summed E-state index contributed by atoms with van der Waals surface area (Å²) in [4.78, 5) is 10.8. The normalized spacial score (nSPS) is 26.6. The average molecular weight is 195 g/mol. The van der Waals surface area contributed by atoms with Crippen molar-refractivity contribution in [3.63, 3.8) is 0 Å². The van der Waals surface area contributed by atoms with Gasteiger partial charge >= 0.3 is 5.97 Å². The Morgan fingerprint density at radius 2 is 2.43 bits per heavy atom. The van der Waals surface area contributed by atoms with Crippen LogP contribution in [0.3, 0.4) is 0 Å². The fourth-order valence-electron chi connectivity index (χ4n) is 2.02. The zero-order chi connectivity index (χ0) is 10.1. The molecule has 0 bridgehead atoms. The zero-order valence-corrected chi connectivity index (χ0v) is 7.76. The van der Waals surface area contributed by atoms with Crippen molar-refractivity contribution in [3.05, 3.63) is 18.0 Å². The number of aromatic nitrogens is 2. The van der Waals surface area contributed by atoms with Gasteiger partial charge in [-0.1, -0.05) is 0 Å². The number of carbonyl (C=O) groups is 1. The van der Waals surface area contributed by atoms with Crippen molar-refractivity contribution >= 4 is 5.97 Å². The number of hydrogen-bond donors (Lipinski definition) is 2. The fraction of sp³-hybridized carbons (Fsp3) is 0.556. The van der Waals surface area contributed by atoms with Crippen LogP contribution in [0.2, 0.25) is 0 Å². The van der Waals surface area contributed by atoms with Gasteiger partial charge in [0.1, 0.15) is 5.69 Å². The van der Waals surface area contributed by atoms with E-state index < -0.39 is 5.97 Å². The lowest BCUT2D eigenvalue weighted by atomic mass is 10.2. The molecule has 0 spiro atoms. The third-order valence-electron chi connectivity index (χ3n) is 2.74. The molecule has 1 aliphatic rings. The Balaban J connectivity index is 2.31. The fourth-order valence-corrected chi connectivity index (χ4v) is 2.02. The van der Waals surface area contributed by atoms with Crippen LogP contribution in [-0.2, 0) is 0 Å². The first-order valence-corrected chi connectivity index (χ1v) is 4.72. The minimum atomic E-state index is -0.943. The minimum absolute atomic E-state index is 0.0352. The molecule has 2 unspecified atom stereocenters. The van der Waals surface area contributed by atoms with Gasteiger partial charge in [-0.05, 0) is 25.3 Å². The summed E-state index contributed by atoms with van der Waals surface area (Å²) in [6.45, 7) is 0. The predicted molar refractivity (Wildman–Crippen MR) is 50.0 cm³/mol. The van der Waals surface area contributed by atoms with Gasteiger partial charge < -0.3 is 10.8 Å². The first-order chi connectivity index (χ1) is 6.70. The van der Waals surface area contributed by atoms with E-state index in [-0.39, 0.29) is 17.8 Å². The first-order valence-electron chi connectivity index (χ1n) is 4.72. The monoisotopic (exact) mass is 195 g/mol. The lowest BCUT2D eigenvalue weighted by molar-refractivity contribution is 0.0679. The molecule has 1 fully saturated rings. The van der Waals surface area contributed by atoms with Gasteiger partial charge in [0, 0.05) is 12.2 Å². The summed E-state index contributed by atoms with van der Waals surface area (Å²) in [7, 11) is 0. The van der Waals surface area contributed by atoms with E-state index in [2.05, 4.69) is 5.10 Å². The summed E-state index contributed by atoms with van der Waals surface area (Å²) in [5.74, 6) is -0.943. The van der Waals surface area contributed by atoms with Crippen LogP contribution in [0.25, 0.3) is 0 Å². The van der Waals surface area contributed by atoms with E-state index in [0.717, 1.165) is 19.3 Å². The van der Waals surface area contributed by atoms with Crippen LogP contribution in [0.15, 0.2) is 12.3 Å². The molecule has 0 saturated heterocycles. The highest BCUT2D eigenvalue weighted by molar-refractivity contribution is 5.85. The highest BCUT2D eigenvalue weighted by atomic mass is 16.4. The summed E-state index contributed by atoms with van der Waals surface area (Å²) in [5, 5.41) is 12.9. The lowest BCUT2D eigenvalue weighted by Crippen LogP contribution is -2.29. The summed E-state index contributed by atoms with van der Waals surface area (Å²) in [6, 6.07) is 1.59. The Bertz CT molecular complexity index is 348. The molecule has 1 heterocycles. The molecule has 5 heteroatoms. The number of rotatable bonds is 2. The van der Waals surface area contributed by atoms with Crippen LogP contribution in [0.5, 0.6) is 0 Å². The van der Waals surface area contributed by atoms with Crippen LogP contribution in [0.4, 0.5) is 0 Å². The maximum atomic E-state index is 10.8. The summed E-state index contributed by atoms with van der Waals surface area (Å²) < 4.78 is 1.54. The van der Waals surface area contributed by atoms with Gasteiger partial charge in [0.25, 0.3) is 0 Å². The van der Waals surface area contributed by atoms with Crippen LogP contribution in [0, 0.1) is 0 Å². The molecule has 1 saturated carbocycles. The number of aromatic carboxylic acids is 1. The van der Waals surface area contributed by atoms with Crippen LogP contribution < -0.4 is 5.73 Å². The first kappa shape index (κ1) is 9.21. The molecule has 0 radical (unpaired) electrons. The Kier molecular flexibility index (Phi) is 2.25. The second-order valence-electron chi connectivity index (χ2n) is 3.63. The molecule has 0 aliphatic heterocycles. The van der Waals surface area contributed by atoms with Gasteiger partial charge in [0.2, 0.25) is 0 Å². The van der Waals surface area contributed by atoms with Crippen molar-refractivity contribution < 1.29 is 9.90 Å². The Morgan fingerprint density at radius 3 is 3.00 bits per heavy atom.